The van der Waals surface area contributed by atoms with Crippen molar-refractivity contribution in [1.29, 1.82) is 0 Å². The normalized spacial score (nSPS) is 17.4. The zero-order valence-electron chi connectivity index (χ0n) is 21.8. The number of morpholine rings is 1. The molecule has 1 fully saturated rings. The van der Waals surface area contributed by atoms with Crippen LogP contribution in [-0.4, -0.2) is 36.8 Å². The van der Waals surface area contributed by atoms with Gasteiger partial charge in [0.05, 0.1) is 35.1 Å². The predicted molar refractivity (Wildman–Crippen MR) is 155 cm³/mol. The first kappa shape index (κ1) is 25.9. The monoisotopic (exact) mass is 554 g/mol. The highest BCUT2D eigenvalue weighted by atomic mass is 32.1. The van der Waals surface area contributed by atoms with Gasteiger partial charge in [0, 0.05) is 24.5 Å². The van der Waals surface area contributed by atoms with E-state index in [1.54, 1.807) is 35.8 Å². The van der Waals surface area contributed by atoms with Crippen LogP contribution in [0.3, 0.4) is 0 Å². The number of rotatable bonds is 5. The fourth-order valence-electron chi connectivity index (χ4n) is 5.05. The number of nitrogens with one attached hydrogen (secondary N) is 1. The SMILES string of the molecule is CC1=C(C(=O)Nc2ccccc2)C(c2ccc(F)cc2)n2c(s/c(=C/c3ccc(N4CCOCC4)cc3)c2=O)=N1. The van der Waals surface area contributed by atoms with Gasteiger partial charge in [-0.15, -0.1) is 0 Å². The average Bonchev–Trinajstić information content (AvgIpc) is 3.28. The molecule has 1 saturated heterocycles. The number of hydrogen-bond donors (Lipinski definition) is 1. The molecule has 7 nitrogen and oxygen atoms in total. The van der Waals surface area contributed by atoms with Crippen LogP contribution in [0.15, 0.2) is 99.9 Å². The molecular formula is C31H27FN4O3S. The second-order valence-electron chi connectivity index (χ2n) is 9.64. The van der Waals surface area contributed by atoms with Crippen molar-refractivity contribution in [1.82, 2.24) is 4.57 Å². The van der Waals surface area contributed by atoms with Crippen molar-refractivity contribution in [2.24, 2.45) is 4.99 Å². The zero-order valence-corrected chi connectivity index (χ0v) is 22.7. The number of thiazole rings is 1. The Balaban J connectivity index is 1.41. The Morgan fingerprint density at radius 1 is 1.02 bits per heavy atom. The van der Waals surface area contributed by atoms with E-state index >= 15 is 0 Å². The number of ether oxygens (including phenoxy) is 1. The third-order valence-corrected chi connectivity index (χ3v) is 8.03. The van der Waals surface area contributed by atoms with Gasteiger partial charge in [0.25, 0.3) is 11.5 Å². The van der Waals surface area contributed by atoms with Crippen molar-refractivity contribution < 1.29 is 13.9 Å². The second-order valence-corrected chi connectivity index (χ2v) is 10.7. The first-order valence-corrected chi connectivity index (χ1v) is 13.9. The molecule has 1 aromatic heterocycles. The largest absolute Gasteiger partial charge is 0.378 e. The number of nitrogens with zero attached hydrogens (tertiary/aromatic N) is 3. The lowest BCUT2D eigenvalue weighted by Gasteiger charge is -2.28. The first-order chi connectivity index (χ1) is 19.5. The summed E-state index contributed by atoms with van der Waals surface area (Å²) in [5.74, 6) is -0.762. The van der Waals surface area contributed by atoms with Crippen LogP contribution >= 0.6 is 11.3 Å². The van der Waals surface area contributed by atoms with Crippen LogP contribution in [0.25, 0.3) is 6.08 Å². The molecular weight excluding hydrogens is 527 g/mol. The quantitative estimate of drug-likeness (QED) is 0.407. The fourth-order valence-corrected chi connectivity index (χ4v) is 6.09. The van der Waals surface area contributed by atoms with Crippen LogP contribution in [0.5, 0.6) is 0 Å². The minimum Gasteiger partial charge on any atom is -0.378 e. The number of para-hydroxylation sites is 1. The van der Waals surface area contributed by atoms with E-state index in [1.165, 1.54) is 23.5 Å². The molecule has 2 aliphatic rings. The minimum atomic E-state index is -0.758. The smallest absolute Gasteiger partial charge is 0.271 e. The Hall–Kier alpha value is -4.34. The van der Waals surface area contributed by atoms with Crippen LogP contribution in [-0.2, 0) is 9.53 Å². The highest BCUT2D eigenvalue weighted by Crippen LogP contribution is 2.31. The molecule has 2 aliphatic heterocycles. The molecule has 3 heterocycles. The molecule has 0 bridgehead atoms. The number of allylic oxidation sites excluding steroid dienone is 1. The van der Waals surface area contributed by atoms with Gasteiger partial charge in [-0.05, 0) is 60.5 Å². The van der Waals surface area contributed by atoms with Crippen LogP contribution in [0, 0.1) is 5.82 Å². The van der Waals surface area contributed by atoms with E-state index in [4.69, 9.17) is 4.74 Å². The van der Waals surface area contributed by atoms with E-state index < -0.39 is 11.9 Å². The van der Waals surface area contributed by atoms with E-state index in [-0.39, 0.29) is 11.5 Å². The minimum absolute atomic E-state index is 0.257. The molecule has 0 saturated carbocycles. The lowest BCUT2D eigenvalue weighted by atomic mass is 9.95. The van der Waals surface area contributed by atoms with Crippen molar-refractivity contribution in [3.8, 4) is 0 Å². The van der Waals surface area contributed by atoms with Gasteiger partial charge in [0.1, 0.15) is 5.82 Å². The fraction of sp³-hybridized carbons (Fsp3) is 0.194. The van der Waals surface area contributed by atoms with Crippen LogP contribution in [0.1, 0.15) is 24.1 Å². The highest BCUT2D eigenvalue weighted by Gasteiger charge is 2.32. The number of benzene rings is 3. The molecule has 3 aromatic carbocycles. The Bertz CT molecular complexity index is 1750. The van der Waals surface area contributed by atoms with Gasteiger partial charge in [0.2, 0.25) is 0 Å². The zero-order chi connectivity index (χ0) is 27.6. The van der Waals surface area contributed by atoms with Crippen molar-refractivity contribution in [3.63, 3.8) is 0 Å². The van der Waals surface area contributed by atoms with Crippen molar-refractivity contribution in [2.75, 3.05) is 36.5 Å². The number of carbonyl (C=O) groups excluding carboxylic acids is 1. The summed E-state index contributed by atoms with van der Waals surface area (Å²) < 4.78 is 21.3. The average molecular weight is 555 g/mol. The number of carbonyl (C=O) groups is 1. The van der Waals surface area contributed by atoms with Gasteiger partial charge in [-0.25, -0.2) is 9.38 Å². The van der Waals surface area contributed by atoms with E-state index in [0.717, 1.165) is 24.3 Å². The molecule has 6 rings (SSSR count). The lowest BCUT2D eigenvalue weighted by molar-refractivity contribution is -0.113. The Kier molecular flexibility index (Phi) is 7.15. The first-order valence-electron chi connectivity index (χ1n) is 13.0. The molecule has 40 heavy (non-hydrogen) atoms. The lowest BCUT2D eigenvalue weighted by Crippen LogP contribution is -2.40. The van der Waals surface area contributed by atoms with Crippen molar-refractivity contribution in [2.45, 2.75) is 13.0 Å². The molecule has 0 radical (unpaired) electrons. The maximum Gasteiger partial charge on any atom is 0.271 e. The number of hydrogen-bond acceptors (Lipinski definition) is 6. The maximum absolute atomic E-state index is 13.9. The molecule has 9 heteroatoms. The summed E-state index contributed by atoms with van der Waals surface area (Å²) in [5.41, 5.74) is 3.84. The number of amides is 1. The van der Waals surface area contributed by atoms with E-state index in [0.29, 0.717) is 45.1 Å². The molecule has 0 spiro atoms. The highest BCUT2D eigenvalue weighted by molar-refractivity contribution is 7.07. The number of halogens is 1. The van der Waals surface area contributed by atoms with Gasteiger partial charge in [-0.3, -0.25) is 14.2 Å². The summed E-state index contributed by atoms with van der Waals surface area (Å²) in [6.07, 6.45) is 1.84. The van der Waals surface area contributed by atoms with Crippen molar-refractivity contribution in [3.05, 3.63) is 127 Å². The van der Waals surface area contributed by atoms with E-state index in [2.05, 4.69) is 15.2 Å². The summed E-state index contributed by atoms with van der Waals surface area (Å²) in [5, 5.41) is 2.92. The van der Waals surface area contributed by atoms with Crippen LogP contribution in [0.4, 0.5) is 15.8 Å². The Morgan fingerprint density at radius 3 is 2.42 bits per heavy atom. The summed E-state index contributed by atoms with van der Waals surface area (Å²) in [7, 11) is 0. The van der Waals surface area contributed by atoms with Gasteiger partial charge >= 0.3 is 0 Å². The Morgan fingerprint density at radius 2 is 1.73 bits per heavy atom. The summed E-state index contributed by atoms with van der Waals surface area (Å²) in [6, 6.07) is 22.3. The van der Waals surface area contributed by atoms with Crippen LogP contribution in [0.2, 0.25) is 0 Å². The molecule has 1 unspecified atom stereocenters. The maximum atomic E-state index is 13.9. The third kappa shape index (κ3) is 5.13. The van der Waals surface area contributed by atoms with Gasteiger partial charge in [0.15, 0.2) is 4.80 Å². The molecule has 0 aliphatic carbocycles. The second kappa shape index (κ2) is 11.0. The van der Waals surface area contributed by atoms with Gasteiger partial charge in [-0.1, -0.05) is 53.8 Å². The van der Waals surface area contributed by atoms with Gasteiger partial charge in [-0.2, -0.15) is 0 Å². The van der Waals surface area contributed by atoms with Gasteiger partial charge < -0.3 is 15.0 Å². The summed E-state index contributed by atoms with van der Waals surface area (Å²) in [6.45, 7) is 4.88. The molecule has 4 aromatic rings. The van der Waals surface area contributed by atoms with E-state index in [1.807, 2.05) is 48.5 Å². The van der Waals surface area contributed by atoms with E-state index in [9.17, 15) is 14.0 Å². The number of aromatic nitrogens is 1. The Labute approximate surface area is 234 Å². The predicted octanol–water partition coefficient (Wildman–Crippen LogP) is 3.85. The molecule has 1 N–H and O–H groups in total. The topological polar surface area (TPSA) is 75.9 Å². The molecule has 1 amide bonds. The number of fused-ring (bicyclic) bond motifs is 1. The third-order valence-electron chi connectivity index (χ3n) is 7.05. The van der Waals surface area contributed by atoms with Crippen LogP contribution < -0.4 is 25.1 Å². The summed E-state index contributed by atoms with van der Waals surface area (Å²) in [4.78, 5) is 34.9. The molecule has 202 valence electrons. The summed E-state index contributed by atoms with van der Waals surface area (Å²) >= 11 is 1.27. The number of anilines is 2. The molecule has 1 atom stereocenters. The van der Waals surface area contributed by atoms with Crippen molar-refractivity contribution >= 4 is 34.7 Å². The standard InChI is InChI=1S/C31H27FN4O3S/c1-20-27(29(37)34-24-5-3-2-4-6-24)28(22-9-11-23(32)12-10-22)36-30(38)26(40-31(36)33-20)19-21-7-13-25(14-8-21)35-15-17-39-18-16-35/h2-14,19,28H,15-18H2,1H3,(H,34,37)/b26-19+.